The molecule has 0 bridgehead atoms. The van der Waals surface area contributed by atoms with Crippen LogP contribution in [0.2, 0.25) is 0 Å². The lowest BCUT2D eigenvalue weighted by molar-refractivity contribution is -0.275. The third-order valence-electron chi connectivity index (χ3n) is 3.56. The number of hydrogen-bond donors (Lipinski definition) is 3. The number of piperazine rings is 1. The Morgan fingerprint density at radius 2 is 2.30 bits per heavy atom. The molecule has 0 unspecified atom stereocenters. The Kier molecular flexibility index (Phi) is 4.50. The van der Waals surface area contributed by atoms with E-state index in [0.29, 0.717) is 11.6 Å². The van der Waals surface area contributed by atoms with E-state index in [9.17, 15) is 0 Å². The molecule has 0 spiro atoms. The molecule has 1 saturated heterocycles. The van der Waals surface area contributed by atoms with Crippen molar-refractivity contribution in [2.24, 2.45) is 5.73 Å². The maximum atomic E-state index is 9.06. The quantitative estimate of drug-likeness (QED) is 0.545. The standard InChI is InChI=1S/C14H18ClN5/c1-9-8-19-4-5-20(9)14(18)12-6-10(7-16)2-3-11(12)13(15)17/h2-3,6,9,19H,4-5,8,17-18H2,1H3/p+1/b13-11-,14-12+/t9-/m1/s1. The van der Waals surface area contributed by atoms with Gasteiger partial charge in [-0.3, -0.25) is 0 Å². The van der Waals surface area contributed by atoms with Crippen LogP contribution in [0.25, 0.3) is 11.0 Å². The minimum absolute atomic E-state index is 0.216. The summed E-state index contributed by atoms with van der Waals surface area (Å²) in [6, 6.07) is 7.75. The molecule has 1 heterocycles. The van der Waals surface area contributed by atoms with Gasteiger partial charge in [0, 0.05) is 30.9 Å². The zero-order chi connectivity index (χ0) is 14.7. The zero-order valence-corrected chi connectivity index (χ0v) is 12.2. The number of nitrogens with two attached hydrogens (primary N) is 1. The highest BCUT2D eigenvalue weighted by Gasteiger charge is 2.21. The summed E-state index contributed by atoms with van der Waals surface area (Å²) in [6.07, 6.45) is 0. The maximum Gasteiger partial charge on any atom is 0.207 e. The van der Waals surface area contributed by atoms with Crippen LogP contribution in [0.15, 0.2) is 18.2 Å². The van der Waals surface area contributed by atoms with Crippen LogP contribution in [0.3, 0.4) is 0 Å². The molecule has 0 radical (unpaired) electrons. The Hall–Kier alpha value is -1.74. The molecule has 2 rings (SSSR count). The van der Waals surface area contributed by atoms with Gasteiger partial charge in [-0.2, -0.15) is 5.26 Å². The summed E-state index contributed by atoms with van der Waals surface area (Å²) >= 11 is 5.96. The first kappa shape index (κ1) is 14.7. The first-order chi connectivity index (χ1) is 9.54. The smallest absolute Gasteiger partial charge is 0.207 e. The molecule has 1 aliphatic rings. The first-order valence-corrected chi connectivity index (χ1v) is 6.91. The second kappa shape index (κ2) is 6.14. The fraction of sp³-hybridized carbons (Fsp3) is 0.357. The Labute approximate surface area is 123 Å². The van der Waals surface area contributed by atoms with Crippen molar-refractivity contribution >= 4 is 22.6 Å². The molecule has 106 valence electrons. The lowest BCUT2D eigenvalue weighted by atomic mass is 10.1. The fourth-order valence-corrected chi connectivity index (χ4v) is 2.62. The molecular weight excluding hydrogens is 274 g/mol. The number of nitriles is 1. The maximum absolute atomic E-state index is 9.06. The second-order valence-electron chi connectivity index (χ2n) is 4.91. The highest BCUT2D eigenvalue weighted by molar-refractivity contribution is 6.44. The Morgan fingerprint density at radius 1 is 1.55 bits per heavy atom. The van der Waals surface area contributed by atoms with E-state index in [1.165, 1.54) is 0 Å². The van der Waals surface area contributed by atoms with E-state index in [-0.39, 0.29) is 5.16 Å². The fourth-order valence-electron chi connectivity index (χ4n) is 2.46. The molecule has 6 heteroatoms. The molecule has 1 fully saturated rings. The van der Waals surface area contributed by atoms with Gasteiger partial charge in [-0.15, -0.1) is 0 Å². The molecule has 1 aliphatic heterocycles. The molecule has 1 aromatic carbocycles. The predicted molar refractivity (Wildman–Crippen MR) is 79.2 cm³/mol. The number of hydrogen-bond acceptors (Lipinski definition) is 4. The lowest BCUT2D eigenvalue weighted by Crippen LogP contribution is -2.64. The van der Waals surface area contributed by atoms with Crippen LogP contribution >= 0.6 is 11.6 Å². The van der Waals surface area contributed by atoms with E-state index in [0.717, 1.165) is 35.9 Å². The van der Waals surface area contributed by atoms with Crippen molar-refractivity contribution in [2.75, 3.05) is 19.6 Å². The van der Waals surface area contributed by atoms with E-state index in [4.69, 9.17) is 22.6 Å². The molecule has 20 heavy (non-hydrogen) atoms. The van der Waals surface area contributed by atoms with E-state index in [1.807, 2.05) is 0 Å². The summed E-state index contributed by atoms with van der Waals surface area (Å²) in [7, 11) is 0. The molecular formula is C14H19ClN5+. The second-order valence-corrected chi connectivity index (χ2v) is 5.32. The van der Waals surface area contributed by atoms with Gasteiger partial charge in [-0.25, -0.2) is 0 Å². The molecule has 0 aromatic heterocycles. The average molecular weight is 293 g/mol. The van der Waals surface area contributed by atoms with Gasteiger partial charge in [-0.05, 0) is 25.1 Å². The minimum atomic E-state index is 0.216. The first-order valence-electron chi connectivity index (χ1n) is 6.53. The minimum Gasteiger partial charge on any atom is -0.389 e. The summed E-state index contributed by atoms with van der Waals surface area (Å²) in [6.45, 7) is 4.83. The average Bonchev–Trinajstić information content (AvgIpc) is 2.46. The monoisotopic (exact) mass is 292 g/mol. The Morgan fingerprint density at radius 3 is 2.90 bits per heavy atom. The molecule has 5 nitrogen and oxygen atoms in total. The Bertz CT molecular complexity index is 657. The van der Waals surface area contributed by atoms with Crippen LogP contribution in [0.1, 0.15) is 12.5 Å². The van der Waals surface area contributed by atoms with Crippen molar-refractivity contribution in [3.05, 3.63) is 34.2 Å². The molecule has 1 aromatic rings. The third-order valence-corrected chi connectivity index (χ3v) is 3.77. The lowest BCUT2D eigenvalue weighted by Gasteiger charge is -2.33. The SMILES string of the molecule is C[C@@H]1CNCCN1/C([NH3+])=c1\cc(C#N)cc\c1=C(\N)Cl. The molecule has 0 aliphatic carbocycles. The van der Waals surface area contributed by atoms with E-state index >= 15 is 0 Å². The summed E-state index contributed by atoms with van der Waals surface area (Å²) < 4.78 is 0. The largest absolute Gasteiger partial charge is 0.389 e. The number of halogens is 1. The van der Waals surface area contributed by atoms with Gasteiger partial charge in [0.05, 0.1) is 16.9 Å². The van der Waals surface area contributed by atoms with Gasteiger partial charge in [0.15, 0.2) is 0 Å². The summed E-state index contributed by atoms with van der Waals surface area (Å²) in [4.78, 5) is 2.22. The van der Waals surface area contributed by atoms with Gasteiger partial charge >= 0.3 is 0 Å². The van der Waals surface area contributed by atoms with Crippen LogP contribution < -0.4 is 27.2 Å². The van der Waals surface area contributed by atoms with Crippen molar-refractivity contribution < 1.29 is 5.73 Å². The van der Waals surface area contributed by atoms with E-state index in [2.05, 4.69) is 28.9 Å². The van der Waals surface area contributed by atoms with Crippen LogP contribution in [0.5, 0.6) is 0 Å². The highest BCUT2D eigenvalue weighted by Crippen LogP contribution is 2.05. The van der Waals surface area contributed by atoms with Crippen LogP contribution in [-0.4, -0.2) is 30.6 Å². The van der Waals surface area contributed by atoms with Gasteiger partial charge < -0.3 is 21.7 Å². The summed E-state index contributed by atoms with van der Waals surface area (Å²) in [5, 5.41) is 14.2. The topological polar surface area (TPSA) is 92.7 Å². The van der Waals surface area contributed by atoms with E-state index in [1.54, 1.807) is 18.2 Å². The number of quaternary nitrogens is 1. The molecule has 0 amide bonds. The molecule has 6 N–H and O–H groups in total. The van der Waals surface area contributed by atoms with Crippen molar-refractivity contribution in [1.82, 2.24) is 10.2 Å². The molecule has 1 atom stereocenters. The van der Waals surface area contributed by atoms with Crippen LogP contribution in [0.4, 0.5) is 0 Å². The summed E-state index contributed by atoms with van der Waals surface area (Å²) in [5.74, 6) is 0.856. The van der Waals surface area contributed by atoms with Gasteiger partial charge in [-0.1, -0.05) is 11.6 Å². The normalized spacial score (nSPS) is 22.1. The predicted octanol–water partition coefficient (Wildman–Crippen LogP) is -1.58. The van der Waals surface area contributed by atoms with Crippen molar-refractivity contribution in [3.8, 4) is 6.07 Å². The van der Waals surface area contributed by atoms with E-state index < -0.39 is 0 Å². The van der Waals surface area contributed by atoms with Gasteiger partial charge in [0.2, 0.25) is 5.82 Å². The number of benzene rings is 1. The summed E-state index contributed by atoms with van der Waals surface area (Å²) in [5.41, 5.74) is 10.5. The van der Waals surface area contributed by atoms with Crippen LogP contribution in [0, 0.1) is 11.3 Å². The van der Waals surface area contributed by atoms with Crippen molar-refractivity contribution in [1.29, 1.82) is 5.26 Å². The number of rotatable bonds is 1. The van der Waals surface area contributed by atoms with Crippen LogP contribution in [-0.2, 0) is 0 Å². The van der Waals surface area contributed by atoms with Crippen molar-refractivity contribution in [3.63, 3.8) is 0 Å². The van der Waals surface area contributed by atoms with Gasteiger partial charge in [0.1, 0.15) is 5.16 Å². The highest BCUT2D eigenvalue weighted by atomic mass is 35.5. The van der Waals surface area contributed by atoms with Crippen molar-refractivity contribution in [2.45, 2.75) is 13.0 Å². The number of nitrogens with zero attached hydrogens (tertiary/aromatic N) is 2. The zero-order valence-electron chi connectivity index (χ0n) is 11.5. The molecule has 0 saturated carbocycles. The van der Waals surface area contributed by atoms with Gasteiger partial charge in [0.25, 0.3) is 0 Å². The Balaban J connectivity index is 2.68. The number of nitrogens with one attached hydrogen (secondary N) is 1. The third kappa shape index (κ3) is 2.88.